The Kier molecular flexibility index (Phi) is 5.28. The van der Waals surface area contributed by atoms with Crippen molar-refractivity contribution in [3.8, 4) is 0 Å². The maximum atomic E-state index is 13.3. The minimum Gasteiger partial charge on any atom is -0.341 e. The van der Waals surface area contributed by atoms with Crippen molar-refractivity contribution in [1.82, 2.24) is 9.80 Å². The van der Waals surface area contributed by atoms with E-state index in [4.69, 9.17) is 5.73 Å². The summed E-state index contributed by atoms with van der Waals surface area (Å²) in [4.78, 5) is 17.0. The Hall–Kier alpha value is -1.46. The van der Waals surface area contributed by atoms with Crippen molar-refractivity contribution in [1.29, 1.82) is 0 Å². The number of hydrogen-bond donors (Lipinski definition) is 1. The topological polar surface area (TPSA) is 49.6 Å². The van der Waals surface area contributed by atoms with Crippen LogP contribution in [0.25, 0.3) is 0 Å². The van der Waals surface area contributed by atoms with Crippen LogP contribution in [0, 0.1) is 11.7 Å². The van der Waals surface area contributed by atoms with E-state index in [1.165, 1.54) is 6.07 Å². The third kappa shape index (κ3) is 4.30. The molecule has 0 aromatic heterocycles. The quantitative estimate of drug-likeness (QED) is 0.927. The van der Waals surface area contributed by atoms with Gasteiger partial charge in [0.25, 0.3) is 0 Å². The summed E-state index contributed by atoms with van der Waals surface area (Å²) in [7, 11) is 0. The molecule has 0 radical (unpaired) electrons. The smallest absolute Gasteiger partial charge is 0.227 e. The van der Waals surface area contributed by atoms with Crippen LogP contribution in [0.15, 0.2) is 24.3 Å². The fraction of sp³-hybridized carbons (Fsp3) is 0.611. The number of amides is 1. The Morgan fingerprint density at radius 1 is 1.22 bits per heavy atom. The van der Waals surface area contributed by atoms with Crippen LogP contribution in [0.4, 0.5) is 4.39 Å². The molecular weight excluding hydrogens is 293 g/mol. The first-order chi connectivity index (χ1) is 11.1. The molecule has 2 N–H and O–H groups in total. The molecule has 126 valence electrons. The average molecular weight is 319 g/mol. The summed E-state index contributed by atoms with van der Waals surface area (Å²) < 4.78 is 13.3. The van der Waals surface area contributed by atoms with Crippen LogP contribution in [0.5, 0.6) is 0 Å². The van der Waals surface area contributed by atoms with Crippen LogP contribution >= 0.6 is 0 Å². The lowest BCUT2D eigenvalue weighted by molar-refractivity contribution is -0.138. The molecule has 1 aromatic carbocycles. The molecule has 2 saturated heterocycles. The molecule has 3 rings (SSSR count). The van der Waals surface area contributed by atoms with E-state index in [1.54, 1.807) is 12.1 Å². The molecule has 2 heterocycles. The highest BCUT2D eigenvalue weighted by Crippen LogP contribution is 2.22. The molecular formula is C18H26FN3O. The highest BCUT2D eigenvalue weighted by atomic mass is 19.1. The summed E-state index contributed by atoms with van der Waals surface area (Å²) >= 11 is 0. The summed E-state index contributed by atoms with van der Waals surface area (Å²) in [6.07, 6.45) is 3.99. The number of nitrogens with two attached hydrogens (primary N) is 1. The van der Waals surface area contributed by atoms with Gasteiger partial charge in [0.1, 0.15) is 5.82 Å². The van der Waals surface area contributed by atoms with Gasteiger partial charge < -0.3 is 10.6 Å². The predicted molar refractivity (Wildman–Crippen MR) is 88.2 cm³/mol. The minimum atomic E-state index is -0.200. The highest BCUT2D eigenvalue weighted by Gasteiger charge is 2.31. The highest BCUT2D eigenvalue weighted by molar-refractivity contribution is 5.79. The number of rotatable bonds is 3. The van der Waals surface area contributed by atoms with E-state index in [0.29, 0.717) is 13.1 Å². The van der Waals surface area contributed by atoms with Crippen molar-refractivity contribution in [2.75, 3.05) is 26.2 Å². The van der Waals surface area contributed by atoms with Gasteiger partial charge in [-0.3, -0.25) is 9.69 Å². The van der Waals surface area contributed by atoms with Gasteiger partial charge in [-0.25, -0.2) is 4.39 Å². The van der Waals surface area contributed by atoms with Crippen molar-refractivity contribution in [3.05, 3.63) is 35.6 Å². The molecule has 2 unspecified atom stereocenters. The third-order valence-corrected chi connectivity index (χ3v) is 4.92. The minimum absolute atomic E-state index is 0.0580. The molecule has 2 aliphatic heterocycles. The number of benzene rings is 1. The molecule has 2 fully saturated rings. The monoisotopic (exact) mass is 319 g/mol. The molecule has 23 heavy (non-hydrogen) atoms. The van der Waals surface area contributed by atoms with E-state index >= 15 is 0 Å². The molecule has 5 heteroatoms. The number of hydrogen-bond acceptors (Lipinski definition) is 3. The lowest BCUT2D eigenvalue weighted by atomic mass is 9.94. The number of piperidine rings is 2. The first-order valence-electron chi connectivity index (χ1n) is 8.63. The maximum Gasteiger partial charge on any atom is 0.227 e. The Labute approximate surface area is 137 Å². The Bertz CT molecular complexity index is 551. The van der Waals surface area contributed by atoms with Crippen LogP contribution in [0.2, 0.25) is 0 Å². The normalized spacial score (nSPS) is 26.3. The summed E-state index contributed by atoms with van der Waals surface area (Å²) in [5.41, 5.74) is 6.97. The van der Waals surface area contributed by atoms with Crippen molar-refractivity contribution in [2.24, 2.45) is 11.7 Å². The first-order valence-corrected chi connectivity index (χ1v) is 8.63. The number of halogens is 1. The second-order valence-electron chi connectivity index (χ2n) is 6.89. The van der Waals surface area contributed by atoms with Gasteiger partial charge in [0.15, 0.2) is 0 Å². The molecule has 0 saturated carbocycles. The zero-order valence-electron chi connectivity index (χ0n) is 13.6. The number of carbonyl (C=O) groups is 1. The number of carbonyl (C=O) groups excluding carboxylic acids is 1. The van der Waals surface area contributed by atoms with Gasteiger partial charge in [-0.15, -0.1) is 0 Å². The van der Waals surface area contributed by atoms with Gasteiger partial charge >= 0.3 is 0 Å². The number of nitrogens with zero attached hydrogens (tertiary/aromatic N) is 2. The Morgan fingerprint density at radius 3 is 2.83 bits per heavy atom. The molecule has 1 aromatic rings. The second-order valence-corrected chi connectivity index (χ2v) is 6.89. The fourth-order valence-electron chi connectivity index (χ4n) is 3.76. The van der Waals surface area contributed by atoms with Crippen molar-refractivity contribution >= 4 is 5.91 Å². The first kappa shape index (κ1) is 16.4. The molecule has 0 spiro atoms. The van der Waals surface area contributed by atoms with Crippen molar-refractivity contribution in [3.63, 3.8) is 0 Å². The van der Waals surface area contributed by atoms with Gasteiger partial charge in [0.05, 0.1) is 5.92 Å². The standard InChI is InChI=1S/C18H26FN3O/c19-16-6-1-4-14(10-16)11-21-8-2-5-15(12-21)18(23)22-9-3-7-17(20)13-22/h1,4,6,10,15,17H,2-3,5,7-9,11-13,20H2. The molecule has 2 aliphatic rings. The molecule has 2 atom stereocenters. The van der Waals surface area contributed by atoms with Crippen molar-refractivity contribution in [2.45, 2.75) is 38.3 Å². The molecule has 0 aliphatic carbocycles. The van der Waals surface area contributed by atoms with Gasteiger partial charge in [-0.2, -0.15) is 0 Å². The second kappa shape index (κ2) is 7.41. The van der Waals surface area contributed by atoms with Crippen LogP contribution in [0.3, 0.4) is 0 Å². The SMILES string of the molecule is NC1CCCN(C(=O)C2CCCN(Cc3cccc(F)c3)C2)C1. The van der Waals surface area contributed by atoms with Crippen LogP contribution in [-0.2, 0) is 11.3 Å². The predicted octanol–water partition coefficient (Wildman–Crippen LogP) is 1.99. The molecule has 4 nitrogen and oxygen atoms in total. The lowest BCUT2D eigenvalue weighted by Gasteiger charge is -2.37. The van der Waals surface area contributed by atoms with E-state index < -0.39 is 0 Å². The van der Waals surface area contributed by atoms with E-state index in [0.717, 1.165) is 50.9 Å². The zero-order valence-corrected chi connectivity index (χ0v) is 13.6. The van der Waals surface area contributed by atoms with Crippen LogP contribution in [0.1, 0.15) is 31.2 Å². The summed E-state index contributed by atoms with van der Waals surface area (Å²) in [6.45, 7) is 3.98. The van der Waals surface area contributed by atoms with Crippen molar-refractivity contribution < 1.29 is 9.18 Å². The Balaban J connectivity index is 1.58. The fourth-order valence-corrected chi connectivity index (χ4v) is 3.76. The van der Waals surface area contributed by atoms with Crippen LogP contribution < -0.4 is 5.73 Å². The Morgan fingerprint density at radius 2 is 2.04 bits per heavy atom. The summed E-state index contributed by atoms with van der Waals surface area (Å²) in [5.74, 6) is 0.112. The van der Waals surface area contributed by atoms with Gasteiger partial charge in [-0.05, 0) is 49.9 Å². The molecule has 1 amide bonds. The third-order valence-electron chi connectivity index (χ3n) is 4.92. The van der Waals surface area contributed by atoms with E-state index in [-0.39, 0.29) is 23.7 Å². The van der Waals surface area contributed by atoms with E-state index in [1.807, 2.05) is 11.0 Å². The van der Waals surface area contributed by atoms with Crippen LogP contribution in [-0.4, -0.2) is 47.9 Å². The number of likely N-dealkylation sites (tertiary alicyclic amines) is 2. The van der Waals surface area contributed by atoms with E-state index in [2.05, 4.69) is 4.90 Å². The summed E-state index contributed by atoms with van der Waals surface area (Å²) in [6, 6.07) is 6.85. The average Bonchev–Trinajstić information content (AvgIpc) is 2.54. The zero-order chi connectivity index (χ0) is 16.2. The molecule has 0 bridgehead atoms. The lowest BCUT2D eigenvalue weighted by Crippen LogP contribution is -2.50. The van der Waals surface area contributed by atoms with E-state index in [9.17, 15) is 9.18 Å². The van der Waals surface area contributed by atoms with Gasteiger partial charge in [0, 0.05) is 32.2 Å². The maximum absolute atomic E-state index is 13.3. The largest absolute Gasteiger partial charge is 0.341 e. The van der Waals surface area contributed by atoms with Gasteiger partial charge in [-0.1, -0.05) is 12.1 Å². The summed E-state index contributed by atoms with van der Waals surface area (Å²) in [5, 5.41) is 0. The van der Waals surface area contributed by atoms with Gasteiger partial charge in [0.2, 0.25) is 5.91 Å².